The van der Waals surface area contributed by atoms with Gasteiger partial charge >= 0.3 is 0 Å². The van der Waals surface area contributed by atoms with E-state index in [4.69, 9.17) is 0 Å². The molecule has 1 N–H and O–H groups in total. The van der Waals surface area contributed by atoms with Gasteiger partial charge in [-0.15, -0.1) is 0 Å². The molecule has 1 heteroatoms. The fourth-order valence-corrected chi connectivity index (χ4v) is 8.91. The molecule has 10 atom stereocenters. The number of rotatable bonds is 6. The van der Waals surface area contributed by atoms with Crippen molar-refractivity contribution in [1.82, 2.24) is 0 Å². The number of fused-ring (bicyclic) bond motifs is 5. The molecule has 1 nitrogen and oxygen atoms in total. The molecule has 3 saturated carbocycles. The van der Waals surface area contributed by atoms with Crippen LogP contribution >= 0.6 is 0 Å². The van der Waals surface area contributed by atoms with E-state index in [1.54, 1.807) is 0 Å². The molecule has 0 radical (unpaired) electrons. The molecule has 166 valence electrons. The lowest BCUT2D eigenvalue weighted by atomic mass is 9.46. The Bertz CT molecular complexity index is 607. The zero-order valence-electron chi connectivity index (χ0n) is 20.2. The number of aliphatic hydroxyl groups is 1. The Balaban J connectivity index is 1.47. The van der Waals surface area contributed by atoms with E-state index in [1.807, 2.05) is 0 Å². The monoisotopic (exact) mass is 400 g/mol. The minimum absolute atomic E-state index is 0.424. The van der Waals surface area contributed by atoms with E-state index in [2.05, 4.69) is 53.7 Å². The lowest BCUT2D eigenvalue weighted by Gasteiger charge is -2.58. The third-order valence-electron chi connectivity index (χ3n) is 11.2. The summed E-state index contributed by atoms with van der Waals surface area (Å²) < 4.78 is 0. The summed E-state index contributed by atoms with van der Waals surface area (Å²) >= 11 is 0. The first-order valence-corrected chi connectivity index (χ1v) is 13.0. The van der Waals surface area contributed by atoms with E-state index in [1.165, 1.54) is 51.4 Å². The molecular weight excluding hydrogens is 352 g/mol. The van der Waals surface area contributed by atoms with Gasteiger partial charge in [0.05, 0.1) is 0 Å². The molecular formula is C28H48O. The Morgan fingerprint density at radius 2 is 1.59 bits per heavy atom. The number of hydrogen-bond acceptors (Lipinski definition) is 1. The van der Waals surface area contributed by atoms with Crippen LogP contribution in [0.25, 0.3) is 0 Å². The molecule has 3 unspecified atom stereocenters. The van der Waals surface area contributed by atoms with Crippen LogP contribution in [0.3, 0.4) is 0 Å². The standard InChI is InChI=1S/C28H48O/c1-18(2)19(3)7-8-20(4)23-11-12-25-22-9-10-24-21(17-29)13-15-28(24,6)26(22)14-16-27(23,25)5/h11-12,18-26,29H,7-10,13-17H2,1-6H3/t19-,20-,21-,22?,23-,24+,25?,26?,27-,28+/m1/s1. The van der Waals surface area contributed by atoms with Crippen molar-refractivity contribution in [3.05, 3.63) is 12.2 Å². The Morgan fingerprint density at radius 1 is 0.862 bits per heavy atom. The molecule has 0 aromatic rings. The van der Waals surface area contributed by atoms with Gasteiger partial charge < -0.3 is 5.11 Å². The van der Waals surface area contributed by atoms with Gasteiger partial charge in [-0.05, 0) is 109 Å². The Labute approximate surface area is 181 Å². The first-order chi connectivity index (χ1) is 13.7. The van der Waals surface area contributed by atoms with Crippen LogP contribution in [0.15, 0.2) is 12.2 Å². The summed E-state index contributed by atoms with van der Waals surface area (Å²) in [4.78, 5) is 0. The summed E-state index contributed by atoms with van der Waals surface area (Å²) in [7, 11) is 0. The highest BCUT2D eigenvalue weighted by molar-refractivity contribution is 5.20. The smallest absolute Gasteiger partial charge is 0.0462 e. The highest BCUT2D eigenvalue weighted by atomic mass is 16.3. The fraction of sp³-hybridized carbons (Fsp3) is 0.929. The third-order valence-corrected chi connectivity index (χ3v) is 11.2. The van der Waals surface area contributed by atoms with Crippen LogP contribution < -0.4 is 0 Å². The van der Waals surface area contributed by atoms with E-state index in [0.717, 1.165) is 47.3 Å². The molecule has 0 aromatic heterocycles. The predicted molar refractivity (Wildman–Crippen MR) is 123 cm³/mol. The molecule has 29 heavy (non-hydrogen) atoms. The van der Waals surface area contributed by atoms with Crippen molar-refractivity contribution in [3.8, 4) is 0 Å². The van der Waals surface area contributed by atoms with Crippen LogP contribution in [0.1, 0.15) is 92.9 Å². The Kier molecular flexibility index (Phi) is 6.04. The minimum Gasteiger partial charge on any atom is -0.396 e. The molecule has 0 saturated heterocycles. The number of aliphatic hydroxyl groups excluding tert-OH is 1. The molecule has 4 aliphatic rings. The average molecular weight is 401 g/mol. The van der Waals surface area contributed by atoms with Crippen LogP contribution in [0, 0.1) is 64.1 Å². The molecule has 4 rings (SSSR count). The normalized spacial score (nSPS) is 48.3. The largest absolute Gasteiger partial charge is 0.396 e. The second kappa shape index (κ2) is 7.99. The second-order valence-corrected chi connectivity index (χ2v) is 12.7. The van der Waals surface area contributed by atoms with Gasteiger partial charge in [0.1, 0.15) is 0 Å². The maximum atomic E-state index is 9.91. The Hall–Kier alpha value is -0.300. The Morgan fingerprint density at radius 3 is 2.28 bits per heavy atom. The summed E-state index contributed by atoms with van der Waals surface area (Å²) in [5.74, 6) is 7.24. The van der Waals surface area contributed by atoms with Gasteiger partial charge in [-0.1, -0.05) is 60.1 Å². The van der Waals surface area contributed by atoms with E-state index >= 15 is 0 Å². The van der Waals surface area contributed by atoms with Crippen molar-refractivity contribution >= 4 is 0 Å². The van der Waals surface area contributed by atoms with Crippen molar-refractivity contribution < 1.29 is 5.11 Å². The summed E-state index contributed by atoms with van der Waals surface area (Å²) in [5.41, 5.74) is 1.00. The quantitative estimate of drug-likeness (QED) is 0.462. The van der Waals surface area contributed by atoms with Crippen molar-refractivity contribution in [3.63, 3.8) is 0 Å². The second-order valence-electron chi connectivity index (χ2n) is 12.7. The molecule has 0 amide bonds. The van der Waals surface area contributed by atoms with Crippen LogP contribution in [0.5, 0.6) is 0 Å². The van der Waals surface area contributed by atoms with Gasteiger partial charge in [-0.2, -0.15) is 0 Å². The maximum Gasteiger partial charge on any atom is 0.0462 e. The molecule has 0 aromatic carbocycles. The highest BCUT2D eigenvalue weighted by Crippen LogP contribution is 2.68. The zero-order valence-corrected chi connectivity index (χ0v) is 20.2. The maximum absolute atomic E-state index is 9.91. The first-order valence-electron chi connectivity index (χ1n) is 13.0. The van der Waals surface area contributed by atoms with Gasteiger partial charge in [0.25, 0.3) is 0 Å². The SMILES string of the molecule is CC(C)[C@H](C)CC[C@@H](C)[C@H]1C=CC2C3CC[C@H]4[C@@H](CO)CC[C@]4(C)C3CC[C@@]21C. The summed E-state index contributed by atoms with van der Waals surface area (Å²) in [5, 5.41) is 9.91. The summed E-state index contributed by atoms with van der Waals surface area (Å²) in [6.45, 7) is 15.4. The third kappa shape index (κ3) is 3.46. The molecule has 0 aliphatic heterocycles. The topological polar surface area (TPSA) is 20.2 Å². The van der Waals surface area contributed by atoms with E-state index in [9.17, 15) is 5.11 Å². The lowest BCUT2D eigenvalue weighted by molar-refractivity contribution is -0.0901. The molecule has 0 heterocycles. The van der Waals surface area contributed by atoms with Gasteiger partial charge in [-0.25, -0.2) is 0 Å². The molecule has 3 fully saturated rings. The first kappa shape index (κ1) is 21.9. The fourth-order valence-electron chi connectivity index (χ4n) is 8.91. The molecule has 0 spiro atoms. The van der Waals surface area contributed by atoms with Crippen molar-refractivity contribution in [2.45, 2.75) is 92.9 Å². The van der Waals surface area contributed by atoms with Crippen molar-refractivity contribution in [1.29, 1.82) is 0 Å². The summed E-state index contributed by atoms with van der Waals surface area (Å²) in [6, 6.07) is 0. The molecule has 4 aliphatic carbocycles. The van der Waals surface area contributed by atoms with Crippen LogP contribution in [-0.2, 0) is 0 Å². The zero-order chi connectivity index (χ0) is 21.0. The van der Waals surface area contributed by atoms with Crippen LogP contribution in [0.2, 0.25) is 0 Å². The summed E-state index contributed by atoms with van der Waals surface area (Å²) in [6.07, 6.45) is 16.4. The van der Waals surface area contributed by atoms with Crippen molar-refractivity contribution in [2.24, 2.45) is 64.1 Å². The minimum atomic E-state index is 0.424. The van der Waals surface area contributed by atoms with Gasteiger partial charge in [0.15, 0.2) is 0 Å². The predicted octanol–water partition coefficient (Wildman–Crippen LogP) is 7.35. The van der Waals surface area contributed by atoms with E-state index < -0.39 is 0 Å². The van der Waals surface area contributed by atoms with E-state index in [-0.39, 0.29) is 0 Å². The highest BCUT2D eigenvalue weighted by Gasteiger charge is 2.60. The van der Waals surface area contributed by atoms with Gasteiger partial charge in [0.2, 0.25) is 0 Å². The average Bonchev–Trinajstić information content (AvgIpc) is 3.22. The lowest BCUT2D eigenvalue weighted by Crippen LogP contribution is -2.51. The van der Waals surface area contributed by atoms with Crippen LogP contribution in [0.4, 0.5) is 0 Å². The van der Waals surface area contributed by atoms with Crippen molar-refractivity contribution in [2.75, 3.05) is 6.61 Å². The van der Waals surface area contributed by atoms with Crippen LogP contribution in [-0.4, -0.2) is 11.7 Å². The van der Waals surface area contributed by atoms with Gasteiger partial charge in [0, 0.05) is 6.61 Å². The van der Waals surface area contributed by atoms with E-state index in [0.29, 0.717) is 23.4 Å². The number of allylic oxidation sites excluding steroid dienone is 2. The molecule has 0 bridgehead atoms. The van der Waals surface area contributed by atoms with Gasteiger partial charge in [-0.3, -0.25) is 0 Å². The number of hydrogen-bond donors (Lipinski definition) is 1.